The van der Waals surface area contributed by atoms with Crippen molar-refractivity contribution in [2.45, 2.75) is 33.1 Å². The molecule has 0 aromatic heterocycles. The van der Waals surface area contributed by atoms with Gasteiger partial charge < -0.3 is 4.79 Å². The molecule has 0 heterocycles. The van der Waals surface area contributed by atoms with Crippen molar-refractivity contribution >= 4 is 6.29 Å². The number of hydrogen-bond acceptors (Lipinski definition) is 1. The molecular weight excluding hydrogens is 136 g/mol. The van der Waals surface area contributed by atoms with Crippen LogP contribution in [0.15, 0.2) is 12.2 Å². The lowest BCUT2D eigenvalue weighted by Crippen LogP contribution is -2.18. The Balaban J connectivity index is 2.69. The largest absolute Gasteiger partial charge is 0.303 e. The monoisotopic (exact) mass is 152 g/mol. The number of aldehydes is 1. The predicted molar refractivity (Wildman–Crippen MR) is 46.3 cm³/mol. The van der Waals surface area contributed by atoms with Gasteiger partial charge in [-0.3, -0.25) is 0 Å². The van der Waals surface area contributed by atoms with Crippen molar-refractivity contribution in [3.63, 3.8) is 0 Å². The predicted octanol–water partition coefficient (Wildman–Crippen LogP) is 2.57. The van der Waals surface area contributed by atoms with E-state index in [4.69, 9.17) is 0 Å². The van der Waals surface area contributed by atoms with Crippen molar-refractivity contribution in [2.24, 2.45) is 11.3 Å². The van der Waals surface area contributed by atoms with Gasteiger partial charge in [-0.2, -0.15) is 0 Å². The van der Waals surface area contributed by atoms with Gasteiger partial charge in [0, 0.05) is 6.42 Å². The maximum atomic E-state index is 10.3. The van der Waals surface area contributed by atoms with E-state index in [-0.39, 0.29) is 5.41 Å². The molecule has 0 spiro atoms. The number of carbonyl (C=O) groups excluding carboxylic acids is 1. The average molecular weight is 152 g/mol. The van der Waals surface area contributed by atoms with Gasteiger partial charge in [-0.05, 0) is 24.2 Å². The lowest BCUT2D eigenvalue weighted by molar-refractivity contribution is -0.109. The first kappa shape index (κ1) is 8.51. The van der Waals surface area contributed by atoms with Gasteiger partial charge in [0.25, 0.3) is 0 Å². The fourth-order valence-corrected chi connectivity index (χ4v) is 1.85. The van der Waals surface area contributed by atoms with Gasteiger partial charge in [0.1, 0.15) is 6.29 Å². The van der Waals surface area contributed by atoms with Crippen LogP contribution in [-0.2, 0) is 4.79 Å². The topological polar surface area (TPSA) is 17.1 Å². The van der Waals surface area contributed by atoms with Gasteiger partial charge in [0.2, 0.25) is 0 Å². The molecule has 1 rings (SSSR count). The summed E-state index contributed by atoms with van der Waals surface area (Å²) in [6.45, 7) is 8.41. The van der Waals surface area contributed by atoms with Crippen LogP contribution in [-0.4, -0.2) is 6.29 Å². The SMILES string of the molecule is C=C1CC[C@H](CC=O)C1(C)C. The zero-order valence-electron chi connectivity index (χ0n) is 7.39. The molecule has 0 amide bonds. The lowest BCUT2D eigenvalue weighted by atomic mass is 9.78. The number of carbonyl (C=O) groups is 1. The summed E-state index contributed by atoms with van der Waals surface area (Å²) < 4.78 is 0. The molecular formula is C10H16O. The highest BCUT2D eigenvalue weighted by Gasteiger charge is 2.36. The summed E-state index contributed by atoms with van der Waals surface area (Å²) >= 11 is 0. The van der Waals surface area contributed by atoms with Crippen molar-refractivity contribution in [1.82, 2.24) is 0 Å². The van der Waals surface area contributed by atoms with Crippen LogP contribution in [0, 0.1) is 11.3 Å². The lowest BCUT2D eigenvalue weighted by Gasteiger charge is -2.26. The minimum Gasteiger partial charge on any atom is -0.303 e. The maximum Gasteiger partial charge on any atom is 0.120 e. The molecule has 0 bridgehead atoms. The van der Waals surface area contributed by atoms with Gasteiger partial charge in [-0.25, -0.2) is 0 Å². The Labute approximate surface area is 68.5 Å². The summed E-state index contributed by atoms with van der Waals surface area (Å²) in [4.78, 5) is 10.3. The van der Waals surface area contributed by atoms with Crippen LogP contribution >= 0.6 is 0 Å². The van der Waals surface area contributed by atoms with Crippen LogP contribution in [0.4, 0.5) is 0 Å². The molecule has 0 saturated heterocycles. The third-order valence-corrected chi connectivity index (χ3v) is 3.11. The normalized spacial score (nSPS) is 28.9. The summed E-state index contributed by atoms with van der Waals surface area (Å²) in [5.41, 5.74) is 1.50. The van der Waals surface area contributed by atoms with E-state index in [1.165, 1.54) is 5.57 Å². The first-order chi connectivity index (χ1) is 5.09. The van der Waals surface area contributed by atoms with Crippen molar-refractivity contribution in [2.75, 3.05) is 0 Å². The first-order valence-corrected chi connectivity index (χ1v) is 4.21. The molecule has 62 valence electrons. The number of allylic oxidation sites excluding steroid dienone is 1. The van der Waals surface area contributed by atoms with E-state index < -0.39 is 0 Å². The van der Waals surface area contributed by atoms with Crippen molar-refractivity contribution in [1.29, 1.82) is 0 Å². The minimum atomic E-state index is 0.195. The molecule has 1 heteroatoms. The first-order valence-electron chi connectivity index (χ1n) is 4.21. The van der Waals surface area contributed by atoms with E-state index in [1.54, 1.807) is 0 Å². The third-order valence-electron chi connectivity index (χ3n) is 3.11. The van der Waals surface area contributed by atoms with Crippen molar-refractivity contribution in [3.8, 4) is 0 Å². The van der Waals surface area contributed by atoms with Crippen LogP contribution in [0.3, 0.4) is 0 Å². The highest BCUT2D eigenvalue weighted by Crippen LogP contribution is 2.47. The van der Waals surface area contributed by atoms with E-state index >= 15 is 0 Å². The van der Waals surface area contributed by atoms with E-state index in [0.717, 1.165) is 19.1 Å². The summed E-state index contributed by atoms with van der Waals surface area (Å²) in [7, 11) is 0. The van der Waals surface area contributed by atoms with Crippen LogP contribution in [0.1, 0.15) is 33.1 Å². The Hall–Kier alpha value is -0.590. The third kappa shape index (κ3) is 1.37. The summed E-state index contributed by atoms with van der Waals surface area (Å²) in [6, 6.07) is 0. The zero-order valence-corrected chi connectivity index (χ0v) is 7.39. The van der Waals surface area contributed by atoms with Crippen LogP contribution in [0.25, 0.3) is 0 Å². The quantitative estimate of drug-likeness (QED) is 0.439. The molecule has 0 aliphatic heterocycles. The Morgan fingerprint density at radius 1 is 1.73 bits per heavy atom. The Bertz CT molecular complexity index is 179. The summed E-state index contributed by atoms with van der Waals surface area (Å²) in [5.74, 6) is 0.535. The summed E-state index contributed by atoms with van der Waals surface area (Å²) in [6.07, 6.45) is 3.98. The Morgan fingerprint density at radius 3 is 2.73 bits per heavy atom. The van der Waals surface area contributed by atoms with Gasteiger partial charge in [0.15, 0.2) is 0 Å². The molecule has 0 N–H and O–H groups in total. The number of hydrogen-bond donors (Lipinski definition) is 0. The highest BCUT2D eigenvalue weighted by molar-refractivity contribution is 5.50. The molecule has 0 aromatic rings. The minimum absolute atomic E-state index is 0.195. The Morgan fingerprint density at radius 2 is 2.36 bits per heavy atom. The fraction of sp³-hybridized carbons (Fsp3) is 0.700. The molecule has 1 aliphatic carbocycles. The molecule has 1 fully saturated rings. The fourth-order valence-electron chi connectivity index (χ4n) is 1.85. The van der Waals surface area contributed by atoms with E-state index in [1.807, 2.05) is 0 Å². The van der Waals surface area contributed by atoms with E-state index in [0.29, 0.717) is 12.3 Å². The van der Waals surface area contributed by atoms with Crippen molar-refractivity contribution in [3.05, 3.63) is 12.2 Å². The molecule has 0 aromatic carbocycles. The van der Waals surface area contributed by atoms with E-state index in [2.05, 4.69) is 20.4 Å². The highest BCUT2D eigenvalue weighted by atomic mass is 16.1. The van der Waals surface area contributed by atoms with Gasteiger partial charge >= 0.3 is 0 Å². The van der Waals surface area contributed by atoms with Crippen LogP contribution in [0.2, 0.25) is 0 Å². The number of rotatable bonds is 2. The van der Waals surface area contributed by atoms with Gasteiger partial charge in [-0.15, -0.1) is 0 Å². The zero-order chi connectivity index (χ0) is 8.48. The average Bonchev–Trinajstić information content (AvgIpc) is 2.16. The summed E-state index contributed by atoms with van der Waals surface area (Å²) in [5, 5.41) is 0. The molecule has 1 saturated carbocycles. The molecule has 0 unspecified atom stereocenters. The standard InChI is InChI=1S/C10H16O/c1-8-4-5-9(6-7-11)10(8,2)3/h7,9H,1,4-6H2,2-3H3/t9-/m1/s1. The second-order valence-corrected chi connectivity index (χ2v) is 3.96. The van der Waals surface area contributed by atoms with E-state index in [9.17, 15) is 4.79 Å². The van der Waals surface area contributed by atoms with Gasteiger partial charge in [0.05, 0.1) is 0 Å². The van der Waals surface area contributed by atoms with Gasteiger partial charge in [-0.1, -0.05) is 26.0 Å². The molecule has 1 atom stereocenters. The maximum absolute atomic E-state index is 10.3. The van der Waals surface area contributed by atoms with Crippen LogP contribution < -0.4 is 0 Å². The molecule has 11 heavy (non-hydrogen) atoms. The molecule has 0 radical (unpaired) electrons. The van der Waals surface area contributed by atoms with Crippen LogP contribution in [0.5, 0.6) is 0 Å². The molecule has 1 aliphatic rings. The second kappa shape index (κ2) is 2.80. The second-order valence-electron chi connectivity index (χ2n) is 3.96. The smallest absolute Gasteiger partial charge is 0.120 e. The van der Waals surface area contributed by atoms with Crippen molar-refractivity contribution < 1.29 is 4.79 Å². The Kier molecular flexibility index (Phi) is 2.17. The molecule has 1 nitrogen and oxygen atoms in total.